The van der Waals surface area contributed by atoms with Crippen LogP contribution in [-0.2, 0) is 23.1 Å². The van der Waals surface area contributed by atoms with Gasteiger partial charge in [-0.2, -0.15) is 0 Å². The zero-order chi connectivity index (χ0) is 20.2. The van der Waals surface area contributed by atoms with Crippen molar-refractivity contribution >= 4 is 7.60 Å². The van der Waals surface area contributed by atoms with Gasteiger partial charge in [-0.15, -0.1) is 0 Å². The standard InChI is InChI=1S/C21H36NO5P/c1-4-26-28(23,27-5-2)21(19-14-10-7-11-15-19)22-20(16-25-17-24-3)18-12-8-6-9-13-18/h6,8-9,12-13,19-22H,4-5,7,10-11,14-17H2,1-3H3/t20-,21-/m0/s1. The summed E-state index contributed by atoms with van der Waals surface area (Å²) in [5, 5.41) is 3.62. The third-order valence-corrected chi connectivity index (χ3v) is 7.60. The lowest BCUT2D eigenvalue weighted by atomic mass is 9.88. The SMILES string of the molecule is CCOP(=O)(OCC)[C@H](N[C@@H](COCOC)c1ccccc1)C1CCCCC1. The molecular weight excluding hydrogens is 377 g/mol. The number of nitrogens with one attached hydrogen (secondary N) is 1. The summed E-state index contributed by atoms with van der Waals surface area (Å²) < 4.78 is 35.9. The highest BCUT2D eigenvalue weighted by Crippen LogP contribution is 2.56. The topological polar surface area (TPSA) is 66.0 Å². The first kappa shape index (κ1) is 23.5. The molecule has 0 spiro atoms. The summed E-state index contributed by atoms with van der Waals surface area (Å²) in [5.41, 5.74) is 1.08. The molecule has 2 rings (SSSR count). The Morgan fingerprint density at radius 2 is 1.71 bits per heavy atom. The Labute approximate surface area is 169 Å². The van der Waals surface area contributed by atoms with Crippen LogP contribution in [0, 0.1) is 5.92 Å². The van der Waals surface area contributed by atoms with Crippen LogP contribution in [0.3, 0.4) is 0 Å². The molecule has 28 heavy (non-hydrogen) atoms. The lowest BCUT2D eigenvalue weighted by Gasteiger charge is -2.37. The average Bonchev–Trinajstić information content (AvgIpc) is 2.72. The van der Waals surface area contributed by atoms with Crippen molar-refractivity contribution in [1.29, 1.82) is 0 Å². The summed E-state index contributed by atoms with van der Waals surface area (Å²) >= 11 is 0. The van der Waals surface area contributed by atoms with E-state index in [4.69, 9.17) is 18.5 Å². The minimum Gasteiger partial charge on any atom is -0.359 e. The second kappa shape index (κ2) is 12.7. The van der Waals surface area contributed by atoms with Gasteiger partial charge in [0.15, 0.2) is 0 Å². The fourth-order valence-electron chi connectivity index (χ4n) is 3.87. The molecule has 0 radical (unpaired) electrons. The molecule has 7 heteroatoms. The maximum absolute atomic E-state index is 13.7. The van der Waals surface area contributed by atoms with E-state index in [9.17, 15) is 4.57 Å². The van der Waals surface area contributed by atoms with Gasteiger partial charge in [0, 0.05) is 7.11 Å². The van der Waals surface area contributed by atoms with E-state index in [1.807, 2.05) is 32.0 Å². The zero-order valence-corrected chi connectivity index (χ0v) is 18.4. The Hall–Kier alpha value is -0.750. The molecule has 1 N–H and O–H groups in total. The number of methoxy groups -OCH3 is 1. The van der Waals surface area contributed by atoms with Crippen molar-refractivity contribution in [2.45, 2.75) is 57.8 Å². The Balaban J connectivity index is 2.28. The molecule has 1 fully saturated rings. The molecular formula is C21H36NO5P. The van der Waals surface area contributed by atoms with Crippen molar-refractivity contribution in [3.8, 4) is 0 Å². The van der Waals surface area contributed by atoms with Crippen LogP contribution in [0.2, 0.25) is 0 Å². The predicted molar refractivity (Wildman–Crippen MR) is 111 cm³/mol. The van der Waals surface area contributed by atoms with Crippen molar-refractivity contribution in [2.75, 3.05) is 33.7 Å². The lowest BCUT2D eigenvalue weighted by Crippen LogP contribution is -2.42. The molecule has 2 atom stereocenters. The second-order valence-corrected chi connectivity index (χ2v) is 9.28. The Kier molecular flexibility index (Phi) is 10.7. The van der Waals surface area contributed by atoms with Crippen molar-refractivity contribution in [2.24, 2.45) is 5.92 Å². The highest BCUT2D eigenvalue weighted by atomic mass is 31.2. The molecule has 1 aliphatic carbocycles. The van der Waals surface area contributed by atoms with E-state index >= 15 is 0 Å². The average molecular weight is 413 g/mol. The van der Waals surface area contributed by atoms with Crippen LogP contribution in [0.15, 0.2) is 30.3 Å². The molecule has 160 valence electrons. The first-order chi connectivity index (χ1) is 13.6. The molecule has 0 unspecified atom stereocenters. The Bertz CT molecular complexity index is 569. The van der Waals surface area contributed by atoms with Gasteiger partial charge in [0.25, 0.3) is 0 Å². The molecule has 6 nitrogen and oxygen atoms in total. The first-order valence-corrected chi connectivity index (χ1v) is 12.0. The summed E-state index contributed by atoms with van der Waals surface area (Å²) in [6.45, 7) is 5.07. The van der Waals surface area contributed by atoms with Gasteiger partial charge in [0.1, 0.15) is 12.6 Å². The molecule has 1 aromatic carbocycles. The fraction of sp³-hybridized carbons (Fsp3) is 0.714. The van der Waals surface area contributed by atoms with Gasteiger partial charge in [-0.1, -0.05) is 49.6 Å². The Morgan fingerprint density at radius 1 is 1.07 bits per heavy atom. The maximum Gasteiger partial charge on any atom is 0.347 e. The van der Waals surface area contributed by atoms with Crippen LogP contribution < -0.4 is 5.32 Å². The zero-order valence-electron chi connectivity index (χ0n) is 17.5. The number of hydrogen-bond donors (Lipinski definition) is 1. The van der Waals surface area contributed by atoms with Gasteiger partial charge in [-0.05, 0) is 38.2 Å². The minimum absolute atomic E-state index is 0.127. The third-order valence-electron chi connectivity index (χ3n) is 5.11. The van der Waals surface area contributed by atoms with Gasteiger partial charge >= 0.3 is 7.60 Å². The predicted octanol–water partition coefficient (Wildman–Crippen LogP) is 5.11. The lowest BCUT2D eigenvalue weighted by molar-refractivity contribution is -0.0393. The van der Waals surface area contributed by atoms with Gasteiger partial charge in [-0.3, -0.25) is 9.88 Å². The molecule has 1 aromatic rings. The largest absolute Gasteiger partial charge is 0.359 e. The number of ether oxygens (including phenoxy) is 2. The van der Waals surface area contributed by atoms with Gasteiger partial charge in [-0.25, -0.2) is 0 Å². The first-order valence-electron chi connectivity index (χ1n) is 10.4. The summed E-state index contributed by atoms with van der Waals surface area (Å²) in [6.07, 6.45) is 5.59. The van der Waals surface area contributed by atoms with Crippen molar-refractivity contribution in [3.63, 3.8) is 0 Å². The summed E-state index contributed by atoms with van der Waals surface area (Å²) in [6, 6.07) is 9.97. The highest BCUT2D eigenvalue weighted by Gasteiger charge is 2.42. The van der Waals surface area contributed by atoms with Crippen LogP contribution in [0.1, 0.15) is 57.6 Å². The molecule has 0 amide bonds. The molecule has 0 saturated heterocycles. The van der Waals surface area contributed by atoms with Crippen LogP contribution in [-0.4, -0.2) is 39.5 Å². The van der Waals surface area contributed by atoms with E-state index < -0.39 is 7.60 Å². The van der Waals surface area contributed by atoms with Crippen LogP contribution in [0.4, 0.5) is 0 Å². The van der Waals surface area contributed by atoms with Crippen molar-refractivity contribution in [3.05, 3.63) is 35.9 Å². The number of rotatable bonds is 13. The molecule has 0 aliphatic heterocycles. The van der Waals surface area contributed by atoms with E-state index in [2.05, 4.69) is 17.4 Å². The quantitative estimate of drug-likeness (QED) is 0.275. The molecule has 1 aliphatic rings. The smallest absolute Gasteiger partial charge is 0.347 e. The summed E-state index contributed by atoms with van der Waals surface area (Å²) in [5.74, 6) is -0.102. The highest BCUT2D eigenvalue weighted by molar-refractivity contribution is 7.54. The normalized spacial score (nSPS) is 18.1. The van der Waals surface area contributed by atoms with Gasteiger partial charge < -0.3 is 18.5 Å². The van der Waals surface area contributed by atoms with E-state index in [0.29, 0.717) is 19.8 Å². The van der Waals surface area contributed by atoms with Crippen molar-refractivity contribution in [1.82, 2.24) is 5.32 Å². The van der Waals surface area contributed by atoms with Crippen LogP contribution >= 0.6 is 7.60 Å². The van der Waals surface area contributed by atoms with Crippen LogP contribution in [0.5, 0.6) is 0 Å². The summed E-state index contributed by atoms with van der Waals surface area (Å²) in [4.78, 5) is 0. The van der Waals surface area contributed by atoms with Gasteiger partial charge in [0.05, 0.1) is 25.9 Å². The van der Waals surface area contributed by atoms with E-state index in [0.717, 1.165) is 31.2 Å². The second-order valence-electron chi connectivity index (χ2n) is 7.13. The van der Waals surface area contributed by atoms with Crippen molar-refractivity contribution < 1.29 is 23.1 Å². The minimum atomic E-state index is -3.31. The van der Waals surface area contributed by atoms with E-state index in [1.165, 1.54) is 6.42 Å². The van der Waals surface area contributed by atoms with E-state index in [-0.39, 0.29) is 24.5 Å². The summed E-state index contributed by atoms with van der Waals surface area (Å²) in [7, 11) is -1.70. The molecule has 0 bridgehead atoms. The number of hydrogen-bond acceptors (Lipinski definition) is 6. The van der Waals surface area contributed by atoms with Crippen LogP contribution in [0.25, 0.3) is 0 Å². The fourth-order valence-corrected chi connectivity index (χ4v) is 6.17. The third kappa shape index (κ3) is 6.94. The molecule has 0 aromatic heterocycles. The Morgan fingerprint density at radius 3 is 2.29 bits per heavy atom. The van der Waals surface area contributed by atoms with Gasteiger partial charge in [0.2, 0.25) is 0 Å². The number of benzene rings is 1. The monoisotopic (exact) mass is 413 g/mol. The maximum atomic E-state index is 13.7. The molecule has 0 heterocycles. The van der Waals surface area contributed by atoms with E-state index in [1.54, 1.807) is 7.11 Å². The molecule has 1 saturated carbocycles.